The average molecular weight is 149 g/mol. The molecule has 4 heteroatoms. The summed E-state index contributed by atoms with van der Waals surface area (Å²) in [6, 6.07) is 3.73. The number of imidazole rings is 1. The topological polar surface area (TPSA) is 39.9 Å². The lowest BCUT2D eigenvalue weighted by Crippen LogP contribution is -2.03. The Labute approximate surface area is 63.4 Å². The van der Waals surface area contributed by atoms with Gasteiger partial charge in [0.15, 0.2) is 5.65 Å². The van der Waals surface area contributed by atoms with Gasteiger partial charge >= 0.3 is 0 Å². The van der Waals surface area contributed by atoms with Crippen molar-refractivity contribution >= 4 is 11.2 Å². The van der Waals surface area contributed by atoms with Crippen LogP contribution in [-0.2, 0) is 0 Å². The second-order valence-corrected chi connectivity index (χ2v) is 2.10. The minimum Gasteiger partial charge on any atom is -0.414 e. The summed E-state index contributed by atoms with van der Waals surface area (Å²) in [4.78, 5) is 13.1. The zero-order valence-electron chi connectivity index (χ0n) is 6.06. The van der Waals surface area contributed by atoms with Crippen LogP contribution in [0.15, 0.2) is 24.7 Å². The van der Waals surface area contributed by atoms with E-state index in [1.807, 2.05) is 12.1 Å². The molecule has 11 heavy (non-hydrogen) atoms. The third-order valence-electron chi connectivity index (χ3n) is 1.47. The average Bonchev–Trinajstić information content (AvgIpc) is 2.47. The maximum absolute atomic E-state index is 4.96. The molecule has 0 saturated carbocycles. The first-order chi connectivity index (χ1) is 5.42. The Morgan fingerprint density at radius 3 is 3.18 bits per heavy atom. The molecule has 0 aliphatic heterocycles. The SMILES string of the molecule is COn1cnc2cccnc21. The summed E-state index contributed by atoms with van der Waals surface area (Å²) >= 11 is 0. The van der Waals surface area contributed by atoms with Crippen molar-refractivity contribution in [2.24, 2.45) is 0 Å². The molecule has 0 radical (unpaired) electrons. The predicted molar refractivity (Wildman–Crippen MR) is 40.0 cm³/mol. The van der Waals surface area contributed by atoms with Gasteiger partial charge in [-0.25, -0.2) is 9.97 Å². The van der Waals surface area contributed by atoms with E-state index in [0.29, 0.717) is 0 Å². The Kier molecular flexibility index (Phi) is 1.25. The van der Waals surface area contributed by atoms with E-state index in [4.69, 9.17) is 4.84 Å². The molecule has 0 bridgehead atoms. The largest absolute Gasteiger partial charge is 0.414 e. The molecule has 0 amide bonds. The van der Waals surface area contributed by atoms with Gasteiger partial charge in [-0.3, -0.25) is 0 Å². The fraction of sp³-hybridized carbons (Fsp3) is 0.143. The van der Waals surface area contributed by atoms with Crippen LogP contribution in [0, 0.1) is 0 Å². The molecule has 2 aromatic rings. The van der Waals surface area contributed by atoms with Gasteiger partial charge in [-0.2, -0.15) is 4.73 Å². The Morgan fingerprint density at radius 2 is 2.36 bits per heavy atom. The van der Waals surface area contributed by atoms with Crippen LogP contribution < -0.4 is 4.84 Å². The minimum atomic E-state index is 0.745. The maximum Gasteiger partial charge on any atom is 0.195 e. The van der Waals surface area contributed by atoms with E-state index in [-0.39, 0.29) is 0 Å². The van der Waals surface area contributed by atoms with E-state index >= 15 is 0 Å². The number of rotatable bonds is 1. The van der Waals surface area contributed by atoms with Gasteiger partial charge in [0.2, 0.25) is 0 Å². The molecule has 56 valence electrons. The molecule has 4 nitrogen and oxygen atoms in total. The standard InChI is InChI=1S/C7H7N3O/c1-11-10-5-9-6-3-2-4-8-7(6)10/h2-5H,1H3. The van der Waals surface area contributed by atoms with Gasteiger partial charge in [-0.1, -0.05) is 0 Å². The van der Waals surface area contributed by atoms with E-state index < -0.39 is 0 Å². The summed E-state index contributed by atoms with van der Waals surface area (Å²) in [5, 5.41) is 0. The van der Waals surface area contributed by atoms with Crippen molar-refractivity contribution in [2.75, 3.05) is 7.11 Å². The van der Waals surface area contributed by atoms with E-state index in [9.17, 15) is 0 Å². The van der Waals surface area contributed by atoms with Crippen LogP contribution in [0.3, 0.4) is 0 Å². The van der Waals surface area contributed by atoms with Crippen molar-refractivity contribution in [3.8, 4) is 0 Å². The summed E-state index contributed by atoms with van der Waals surface area (Å²) in [5.74, 6) is 0. The summed E-state index contributed by atoms with van der Waals surface area (Å²) in [5.41, 5.74) is 1.59. The molecular formula is C7H7N3O. The van der Waals surface area contributed by atoms with Crippen LogP contribution >= 0.6 is 0 Å². The van der Waals surface area contributed by atoms with Crippen molar-refractivity contribution in [3.05, 3.63) is 24.7 Å². The molecule has 0 unspecified atom stereocenters. The highest BCUT2D eigenvalue weighted by molar-refractivity contribution is 5.69. The van der Waals surface area contributed by atoms with Gasteiger partial charge < -0.3 is 4.84 Å². The fourth-order valence-electron chi connectivity index (χ4n) is 0.962. The lowest BCUT2D eigenvalue weighted by atomic mass is 10.4. The minimum absolute atomic E-state index is 0.745. The molecule has 0 aliphatic carbocycles. The normalized spacial score (nSPS) is 10.3. The molecule has 2 aromatic heterocycles. The van der Waals surface area contributed by atoms with Crippen LogP contribution in [0.4, 0.5) is 0 Å². The van der Waals surface area contributed by atoms with E-state index in [2.05, 4.69) is 9.97 Å². The van der Waals surface area contributed by atoms with Gasteiger partial charge in [0.1, 0.15) is 19.0 Å². The Bertz CT molecular complexity index is 368. The fourth-order valence-corrected chi connectivity index (χ4v) is 0.962. The Balaban J connectivity index is 2.76. The highest BCUT2D eigenvalue weighted by Crippen LogP contribution is 2.05. The predicted octanol–water partition coefficient (Wildman–Crippen LogP) is 0.490. The molecule has 0 spiro atoms. The first-order valence-corrected chi connectivity index (χ1v) is 3.24. The van der Waals surface area contributed by atoms with Gasteiger partial charge in [0.25, 0.3) is 0 Å². The number of pyridine rings is 1. The highest BCUT2D eigenvalue weighted by atomic mass is 16.6. The van der Waals surface area contributed by atoms with Crippen LogP contribution in [0.5, 0.6) is 0 Å². The van der Waals surface area contributed by atoms with Crippen molar-refractivity contribution in [1.29, 1.82) is 0 Å². The van der Waals surface area contributed by atoms with Gasteiger partial charge in [-0.15, -0.1) is 0 Å². The Morgan fingerprint density at radius 1 is 1.45 bits per heavy atom. The van der Waals surface area contributed by atoms with E-state index in [1.165, 1.54) is 4.73 Å². The zero-order chi connectivity index (χ0) is 7.68. The third-order valence-corrected chi connectivity index (χ3v) is 1.47. The second kappa shape index (κ2) is 2.23. The quantitative estimate of drug-likeness (QED) is 0.592. The molecule has 2 heterocycles. The molecular weight excluding hydrogens is 142 g/mol. The Hall–Kier alpha value is -1.58. The molecule has 0 saturated heterocycles. The number of nitrogens with zero attached hydrogens (tertiary/aromatic N) is 3. The number of fused-ring (bicyclic) bond motifs is 1. The third kappa shape index (κ3) is 0.832. The second-order valence-electron chi connectivity index (χ2n) is 2.10. The maximum atomic E-state index is 4.96. The van der Waals surface area contributed by atoms with Gasteiger partial charge in [0, 0.05) is 6.20 Å². The number of hydrogen-bond acceptors (Lipinski definition) is 3. The molecule has 2 rings (SSSR count). The summed E-state index contributed by atoms with van der Waals surface area (Å²) < 4.78 is 1.52. The molecule has 0 aliphatic rings. The van der Waals surface area contributed by atoms with Crippen LogP contribution in [0.25, 0.3) is 11.2 Å². The number of aromatic nitrogens is 3. The van der Waals surface area contributed by atoms with Crippen LogP contribution in [0.2, 0.25) is 0 Å². The summed E-state index contributed by atoms with van der Waals surface area (Å²) in [6.45, 7) is 0. The monoisotopic (exact) mass is 149 g/mol. The lowest BCUT2D eigenvalue weighted by molar-refractivity contribution is 0.176. The molecule has 0 fully saturated rings. The smallest absolute Gasteiger partial charge is 0.195 e. The summed E-state index contributed by atoms with van der Waals surface area (Å²) in [7, 11) is 1.58. The lowest BCUT2D eigenvalue weighted by Gasteiger charge is -1.97. The summed E-state index contributed by atoms with van der Waals surface area (Å²) in [6.07, 6.45) is 3.30. The van der Waals surface area contributed by atoms with Gasteiger partial charge in [-0.05, 0) is 12.1 Å². The zero-order valence-corrected chi connectivity index (χ0v) is 6.06. The molecule has 0 atom stereocenters. The van der Waals surface area contributed by atoms with Crippen LogP contribution in [-0.4, -0.2) is 21.8 Å². The van der Waals surface area contributed by atoms with Crippen LogP contribution in [0.1, 0.15) is 0 Å². The van der Waals surface area contributed by atoms with E-state index in [1.54, 1.807) is 19.6 Å². The highest BCUT2D eigenvalue weighted by Gasteiger charge is 1.99. The first-order valence-electron chi connectivity index (χ1n) is 3.24. The van der Waals surface area contributed by atoms with E-state index in [0.717, 1.165) is 11.2 Å². The van der Waals surface area contributed by atoms with Crippen molar-refractivity contribution < 1.29 is 4.84 Å². The van der Waals surface area contributed by atoms with Gasteiger partial charge in [0.05, 0.1) is 0 Å². The van der Waals surface area contributed by atoms with Crippen molar-refractivity contribution in [1.82, 2.24) is 14.7 Å². The van der Waals surface area contributed by atoms with Crippen molar-refractivity contribution in [3.63, 3.8) is 0 Å². The first kappa shape index (κ1) is 6.15. The molecule has 0 aromatic carbocycles. The van der Waals surface area contributed by atoms with Crippen molar-refractivity contribution in [2.45, 2.75) is 0 Å². The number of hydrogen-bond donors (Lipinski definition) is 0. The molecule has 0 N–H and O–H groups in total.